The number of hydrogen-bond acceptors (Lipinski definition) is 12. The van der Waals surface area contributed by atoms with Crippen LogP contribution in [0.1, 0.15) is 43.0 Å². The zero-order valence-electron chi connectivity index (χ0n) is 29.6. The van der Waals surface area contributed by atoms with Crippen LogP contribution >= 0.6 is 0 Å². The van der Waals surface area contributed by atoms with E-state index in [0.29, 0.717) is 51.6 Å². The molecule has 4 aromatic heterocycles. The van der Waals surface area contributed by atoms with Gasteiger partial charge >= 0.3 is 30.8 Å². The molecule has 0 aliphatic carbocycles. The van der Waals surface area contributed by atoms with Crippen LogP contribution < -0.4 is 18.9 Å². The van der Waals surface area contributed by atoms with E-state index < -0.39 is 11.9 Å². The molecule has 53 heavy (non-hydrogen) atoms. The molecule has 8 rings (SSSR count). The molecule has 0 aliphatic heterocycles. The molecule has 0 radical (unpaired) electrons. The summed E-state index contributed by atoms with van der Waals surface area (Å²) in [5, 5.41) is 19.0. The van der Waals surface area contributed by atoms with Gasteiger partial charge in [-0.25, -0.2) is 9.59 Å². The van der Waals surface area contributed by atoms with Crippen LogP contribution in [0, 0.1) is 27.7 Å². The van der Waals surface area contributed by atoms with Crippen molar-refractivity contribution in [3.8, 4) is 46.1 Å². The van der Waals surface area contributed by atoms with E-state index >= 15 is 0 Å². The van der Waals surface area contributed by atoms with Crippen molar-refractivity contribution < 1.29 is 61.6 Å². The van der Waals surface area contributed by atoms with Crippen molar-refractivity contribution in [2.45, 2.75) is 27.7 Å². The normalized spacial score (nSPS) is 10.7. The first-order valence-electron chi connectivity index (χ1n) is 15.8. The quantitative estimate of drug-likeness (QED) is 0.160. The maximum Gasteiger partial charge on any atom is 1.00 e. The fraction of sp³-hybridized carbons (Fsp3) is 0.128. The first kappa shape index (κ1) is 38.0. The number of aromatic carboxylic acids is 1. The third-order valence-corrected chi connectivity index (χ3v) is 8.42. The molecule has 0 saturated carbocycles. The van der Waals surface area contributed by atoms with Crippen molar-refractivity contribution in [2.24, 2.45) is 0 Å². The molecule has 2 N–H and O–H groups in total. The maximum atomic E-state index is 11.5. The molecular weight excluding hydrogens is 675 g/mol. The van der Waals surface area contributed by atoms with Crippen molar-refractivity contribution in [3.05, 3.63) is 118 Å². The summed E-state index contributed by atoms with van der Waals surface area (Å²) in [6.07, 6.45) is 0. The van der Waals surface area contributed by atoms with Gasteiger partial charge in [0.2, 0.25) is 11.6 Å². The molecule has 4 heterocycles. The smallest absolute Gasteiger partial charge is 0.870 e. The van der Waals surface area contributed by atoms with Crippen LogP contribution in [0.15, 0.2) is 103 Å². The van der Waals surface area contributed by atoms with Gasteiger partial charge in [0.05, 0.1) is 18.2 Å². The SMILES string of the molecule is COC(=O)c1ccc(-c2nc(-c3cc4c(C)ccc(C)c4o3)no2)cc1.Cc1ccc(C)c2oc(-c3noc(-c4ccc(C(=O)O)cc4)n3)cc12.[Li+].[OH-]. The molecule has 0 saturated heterocycles. The number of methoxy groups -OCH3 is 1. The van der Waals surface area contributed by atoms with Gasteiger partial charge in [0.25, 0.3) is 11.8 Å². The Morgan fingerprint density at radius 1 is 0.604 bits per heavy atom. The summed E-state index contributed by atoms with van der Waals surface area (Å²) >= 11 is 0. The Hall–Kier alpha value is -6.26. The monoisotopic (exact) mass is 706 g/mol. The molecule has 14 heteroatoms. The average molecular weight is 707 g/mol. The standard InChI is InChI=1S/C20H16N2O4.C19H14N2O4.Li.H2O/c1-11-4-5-12(2)17-15(11)10-16(25-17)18-21-19(26-22-18)13-6-8-14(9-7-13)20(23)24-3;1-10-3-4-11(2)16-14(10)9-15(24-16)17-20-18(25-21-17)12-5-7-13(8-6-12)19(22)23;;/h4-10H,1-3H3;3-9H,1-2H3,(H,22,23);;1H2/q;;+1;/p-1. The van der Waals surface area contributed by atoms with Gasteiger partial charge in [0, 0.05) is 21.9 Å². The molecule has 0 spiro atoms. The number of hydrogen-bond donors (Lipinski definition) is 1. The number of fused-ring (bicyclic) bond motifs is 2. The number of carboxylic acid groups (broad SMARTS) is 1. The molecule has 4 aromatic carbocycles. The number of ether oxygens (including phenoxy) is 1. The van der Waals surface area contributed by atoms with E-state index in [9.17, 15) is 9.59 Å². The van der Waals surface area contributed by atoms with E-state index in [1.807, 2.05) is 58.0 Å². The number of furan rings is 2. The summed E-state index contributed by atoms with van der Waals surface area (Å²) in [7, 11) is 1.34. The number of benzene rings is 4. The number of carbonyl (C=O) groups excluding carboxylic acids is 1. The molecule has 0 atom stereocenters. The molecule has 13 nitrogen and oxygen atoms in total. The topological polar surface area (TPSA) is 198 Å². The Bertz CT molecular complexity index is 2490. The fourth-order valence-electron chi connectivity index (χ4n) is 5.51. The summed E-state index contributed by atoms with van der Waals surface area (Å²) < 4.78 is 27.2. The largest absolute Gasteiger partial charge is 1.00 e. The zero-order valence-corrected chi connectivity index (χ0v) is 29.6. The molecular formula is C39H31LiN4O9. The van der Waals surface area contributed by atoms with Crippen molar-refractivity contribution in [3.63, 3.8) is 0 Å². The van der Waals surface area contributed by atoms with E-state index in [1.165, 1.54) is 19.2 Å². The summed E-state index contributed by atoms with van der Waals surface area (Å²) in [5.41, 5.74) is 7.99. The second kappa shape index (κ2) is 15.5. The number of aryl methyl sites for hydroxylation is 4. The third kappa shape index (κ3) is 7.54. The van der Waals surface area contributed by atoms with Gasteiger partial charge in [-0.05, 0) is 111 Å². The molecule has 0 amide bonds. The van der Waals surface area contributed by atoms with E-state index in [1.54, 1.807) is 36.4 Å². The van der Waals surface area contributed by atoms with Crippen LogP contribution in [0.3, 0.4) is 0 Å². The Kier molecular flexibility index (Phi) is 11.1. The van der Waals surface area contributed by atoms with Crippen LogP contribution in [0.4, 0.5) is 0 Å². The first-order chi connectivity index (χ1) is 24.6. The summed E-state index contributed by atoms with van der Waals surface area (Å²) in [6, 6.07) is 25.0. The Balaban J connectivity index is 0.000000197. The van der Waals surface area contributed by atoms with Crippen LogP contribution in [0.25, 0.3) is 68.0 Å². The van der Waals surface area contributed by atoms with Crippen molar-refractivity contribution >= 4 is 33.9 Å². The minimum absolute atomic E-state index is 0. The van der Waals surface area contributed by atoms with Crippen molar-refractivity contribution in [2.75, 3.05) is 7.11 Å². The summed E-state index contributed by atoms with van der Waals surface area (Å²) in [5.74, 6) is 1.11. The maximum absolute atomic E-state index is 11.5. The van der Waals surface area contributed by atoms with E-state index in [2.05, 4.69) is 31.1 Å². The number of nitrogens with zero attached hydrogens (tertiary/aromatic N) is 4. The number of aromatic nitrogens is 4. The number of esters is 1. The van der Waals surface area contributed by atoms with Crippen LogP contribution in [-0.4, -0.2) is 49.9 Å². The molecule has 262 valence electrons. The minimum atomic E-state index is -0.981. The minimum Gasteiger partial charge on any atom is -0.870 e. The molecule has 0 aliphatic rings. The Labute approximate surface area is 314 Å². The van der Waals surface area contributed by atoms with E-state index in [-0.39, 0.29) is 29.9 Å². The van der Waals surface area contributed by atoms with Gasteiger partial charge in [-0.15, -0.1) is 0 Å². The third-order valence-electron chi connectivity index (χ3n) is 8.42. The fourth-order valence-corrected chi connectivity index (χ4v) is 5.51. The van der Waals surface area contributed by atoms with Gasteiger partial charge in [-0.2, -0.15) is 9.97 Å². The number of carbonyl (C=O) groups is 2. The Morgan fingerprint density at radius 3 is 1.38 bits per heavy atom. The van der Waals surface area contributed by atoms with E-state index in [4.69, 9.17) is 23.0 Å². The average Bonchev–Trinajstić information content (AvgIpc) is 3.97. The van der Waals surface area contributed by atoms with Crippen molar-refractivity contribution in [1.29, 1.82) is 0 Å². The first-order valence-corrected chi connectivity index (χ1v) is 15.8. The van der Waals surface area contributed by atoms with Gasteiger partial charge in [0.1, 0.15) is 11.2 Å². The van der Waals surface area contributed by atoms with Crippen LogP contribution in [0.2, 0.25) is 0 Å². The van der Waals surface area contributed by atoms with Crippen molar-refractivity contribution in [1.82, 2.24) is 20.3 Å². The van der Waals surface area contributed by atoms with Crippen LogP contribution in [-0.2, 0) is 4.74 Å². The second-order valence-corrected chi connectivity index (χ2v) is 11.9. The van der Waals surface area contributed by atoms with Crippen LogP contribution in [0.5, 0.6) is 0 Å². The molecule has 0 fully saturated rings. The summed E-state index contributed by atoms with van der Waals surface area (Å²) in [6.45, 7) is 8.04. The number of carboxylic acids is 1. The Morgan fingerprint density at radius 2 is 1.00 bits per heavy atom. The predicted octanol–water partition coefficient (Wildman–Crippen LogP) is 5.85. The van der Waals surface area contributed by atoms with Gasteiger partial charge in [-0.1, -0.05) is 34.6 Å². The molecule has 8 aromatic rings. The molecule has 0 unspecified atom stereocenters. The second-order valence-electron chi connectivity index (χ2n) is 11.9. The molecule has 0 bridgehead atoms. The summed E-state index contributed by atoms with van der Waals surface area (Å²) in [4.78, 5) is 31.2. The van der Waals surface area contributed by atoms with Gasteiger partial charge < -0.3 is 33.2 Å². The van der Waals surface area contributed by atoms with Gasteiger partial charge in [-0.3, -0.25) is 0 Å². The van der Waals surface area contributed by atoms with E-state index in [0.717, 1.165) is 44.2 Å². The number of rotatable bonds is 6. The van der Waals surface area contributed by atoms with Gasteiger partial charge in [0.15, 0.2) is 11.5 Å². The zero-order chi connectivity index (χ0) is 35.8. The predicted molar refractivity (Wildman–Crippen MR) is 189 cm³/mol.